The standard InChI is InChI=1S/C22H19N5O2/c1-22(28)21(27-10-4-3-5-11-27)19(15-6-8-17(29-2)9-7-15)18(14-25)20(26-22)16(12-23)13-24/h3-11,19,21,26,28H,1-2H3/t19-,21+,22+/m0/s1. The molecule has 0 aliphatic carbocycles. The Morgan fingerprint density at radius 1 is 1.21 bits per heavy atom. The van der Waals surface area contributed by atoms with Gasteiger partial charge in [-0.2, -0.15) is 15.1 Å². The molecule has 1 aromatic carbocycles. The Kier molecular flexibility index (Phi) is 5.47. The van der Waals surface area contributed by atoms with Gasteiger partial charge in [-0.3, -0.25) is 0 Å². The molecular formula is C22H19N5O2. The van der Waals surface area contributed by atoms with E-state index in [9.17, 15) is 21.0 Å². The maximum absolute atomic E-state index is 11.3. The number of methoxy groups -OCH3 is 1. The maximum Gasteiger partial charge on any atom is 0.216 e. The molecule has 0 fully saturated rings. The first-order chi connectivity index (χ1) is 14.0. The number of ether oxygens (including phenoxy) is 1. The molecule has 0 spiro atoms. The van der Waals surface area contributed by atoms with Crippen LogP contribution in [0.2, 0.25) is 0 Å². The number of hydrogen-bond acceptors (Lipinski definition) is 5. The molecule has 1 aliphatic heterocycles. The number of aliphatic hydroxyl groups is 1. The number of nitrogens with zero attached hydrogens (tertiary/aromatic N) is 4. The molecule has 1 aromatic heterocycles. The first-order valence-corrected chi connectivity index (χ1v) is 8.89. The molecule has 0 saturated heterocycles. The van der Waals surface area contributed by atoms with Crippen molar-refractivity contribution in [2.45, 2.75) is 24.6 Å². The van der Waals surface area contributed by atoms with Crippen LogP contribution in [-0.4, -0.2) is 23.8 Å². The van der Waals surface area contributed by atoms with Crippen molar-refractivity contribution in [2.24, 2.45) is 0 Å². The molecule has 0 unspecified atom stereocenters. The molecule has 7 heteroatoms. The van der Waals surface area contributed by atoms with E-state index >= 15 is 0 Å². The lowest BCUT2D eigenvalue weighted by molar-refractivity contribution is -0.741. The summed E-state index contributed by atoms with van der Waals surface area (Å²) < 4.78 is 7.04. The Hall–Kier alpha value is -3.90. The Balaban J connectivity index is 2.31. The first-order valence-electron chi connectivity index (χ1n) is 8.89. The van der Waals surface area contributed by atoms with Gasteiger partial charge in [0.15, 0.2) is 18.1 Å². The fourth-order valence-electron chi connectivity index (χ4n) is 3.71. The van der Waals surface area contributed by atoms with Crippen molar-refractivity contribution in [1.82, 2.24) is 5.32 Å². The van der Waals surface area contributed by atoms with E-state index in [2.05, 4.69) is 11.4 Å². The Morgan fingerprint density at radius 3 is 2.38 bits per heavy atom. The molecule has 0 radical (unpaired) electrons. The third kappa shape index (κ3) is 3.61. The molecule has 0 saturated carbocycles. The van der Waals surface area contributed by atoms with Crippen molar-refractivity contribution in [3.63, 3.8) is 0 Å². The van der Waals surface area contributed by atoms with Crippen molar-refractivity contribution in [1.29, 1.82) is 10.5 Å². The minimum absolute atomic E-state index is 0.0519. The zero-order valence-corrected chi connectivity index (χ0v) is 16.0. The van der Waals surface area contributed by atoms with Gasteiger partial charge in [0.1, 0.15) is 11.8 Å². The lowest BCUT2D eigenvalue weighted by Gasteiger charge is -2.40. The van der Waals surface area contributed by atoms with Gasteiger partial charge in [-0.25, -0.2) is 5.87 Å². The second kappa shape index (κ2) is 8.00. The summed E-state index contributed by atoms with van der Waals surface area (Å²) in [5, 5.41) is 42.9. The molecule has 2 N–H and O–H groups in total. The van der Waals surface area contributed by atoms with E-state index in [0.29, 0.717) is 5.75 Å². The minimum atomic E-state index is -1.55. The molecule has 1 aliphatic rings. The van der Waals surface area contributed by atoms with Crippen molar-refractivity contribution in [3.8, 4) is 17.9 Å². The summed E-state index contributed by atoms with van der Waals surface area (Å²) in [6, 6.07) is 16.0. The zero-order valence-electron chi connectivity index (χ0n) is 16.0. The van der Waals surface area contributed by atoms with Gasteiger partial charge in [-0.1, -0.05) is 18.2 Å². The lowest BCUT2D eigenvalue weighted by Crippen LogP contribution is -2.63. The second-order valence-electron chi connectivity index (χ2n) is 6.79. The highest BCUT2D eigenvalue weighted by atomic mass is 16.5. The van der Waals surface area contributed by atoms with Crippen molar-refractivity contribution < 1.29 is 14.4 Å². The van der Waals surface area contributed by atoms with E-state index in [1.54, 1.807) is 38.6 Å². The Labute approximate surface area is 168 Å². The first kappa shape index (κ1) is 19.9. The van der Waals surface area contributed by atoms with Gasteiger partial charge in [0.25, 0.3) is 0 Å². The van der Waals surface area contributed by atoms with Crippen LogP contribution in [-0.2, 0) is 0 Å². The molecule has 144 valence electrons. The monoisotopic (exact) mass is 385 g/mol. The molecule has 3 atom stereocenters. The Bertz CT molecular complexity index is 1070. The van der Waals surface area contributed by atoms with Gasteiger partial charge < -0.3 is 20.6 Å². The van der Waals surface area contributed by atoms with Crippen molar-refractivity contribution in [3.05, 3.63) is 82.7 Å². The predicted molar refractivity (Wildman–Crippen MR) is 105 cm³/mol. The van der Waals surface area contributed by atoms with Gasteiger partial charge in [0.2, 0.25) is 6.04 Å². The second-order valence-corrected chi connectivity index (χ2v) is 6.79. The van der Waals surface area contributed by atoms with E-state index < -0.39 is 17.7 Å². The van der Waals surface area contributed by atoms with Crippen LogP contribution in [0.3, 0.4) is 0 Å². The van der Waals surface area contributed by atoms with Gasteiger partial charge >= 0.3 is 0 Å². The SMILES string of the molecule is COc1ccc([C@H]2C(C#N)=C(C(=C=[N-])C#N)N[C@](C)(O)[C@@H]2[n+]2ccccc2)cc1. The van der Waals surface area contributed by atoms with Gasteiger partial charge in [-0.05, 0) is 24.6 Å². The van der Waals surface area contributed by atoms with E-state index in [0.717, 1.165) is 5.56 Å². The quantitative estimate of drug-likeness (QED) is 0.475. The van der Waals surface area contributed by atoms with Crippen LogP contribution < -0.4 is 14.6 Å². The van der Waals surface area contributed by atoms with E-state index in [1.807, 2.05) is 46.8 Å². The number of nitriles is 2. The number of hydrogen-bond donors (Lipinski definition) is 2. The van der Waals surface area contributed by atoms with Gasteiger partial charge in [0.05, 0.1) is 35.9 Å². The summed E-state index contributed by atoms with van der Waals surface area (Å²) in [7, 11) is 1.56. The summed E-state index contributed by atoms with van der Waals surface area (Å²) in [4.78, 5) is 0. The largest absolute Gasteiger partial charge is 0.762 e. The molecule has 3 rings (SSSR count). The topological polar surface area (TPSA) is 115 Å². The average Bonchev–Trinajstić information content (AvgIpc) is 2.74. The van der Waals surface area contributed by atoms with Gasteiger partial charge in [0, 0.05) is 12.1 Å². The summed E-state index contributed by atoms with van der Waals surface area (Å²) in [6.45, 7) is 1.56. The zero-order chi connectivity index (χ0) is 21.0. The molecule has 7 nitrogen and oxygen atoms in total. The number of benzene rings is 1. The van der Waals surface area contributed by atoms with Gasteiger partial charge in [-0.15, -0.1) is 0 Å². The van der Waals surface area contributed by atoms with E-state index in [-0.39, 0.29) is 16.8 Å². The number of nitrogens with one attached hydrogen (secondary N) is 1. The normalized spacial score (nSPS) is 23.2. The van der Waals surface area contributed by atoms with Crippen LogP contribution in [0.25, 0.3) is 5.41 Å². The summed E-state index contributed by atoms with van der Waals surface area (Å²) in [5.41, 5.74) is -0.794. The third-order valence-electron chi connectivity index (χ3n) is 4.98. The highest BCUT2D eigenvalue weighted by Gasteiger charge is 2.52. The smallest absolute Gasteiger partial charge is 0.216 e. The fourth-order valence-corrected chi connectivity index (χ4v) is 3.71. The predicted octanol–water partition coefficient (Wildman–Crippen LogP) is 2.09. The maximum atomic E-state index is 11.3. The number of allylic oxidation sites excluding steroid dienone is 2. The van der Waals surface area contributed by atoms with Crippen LogP contribution in [0.1, 0.15) is 24.4 Å². The third-order valence-corrected chi connectivity index (χ3v) is 4.98. The van der Waals surface area contributed by atoms with Crippen LogP contribution >= 0.6 is 0 Å². The molecule has 29 heavy (non-hydrogen) atoms. The van der Waals surface area contributed by atoms with E-state index in [1.165, 1.54) is 0 Å². The molecule has 2 aromatic rings. The Morgan fingerprint density at radius 2 is 1.86 bits per heavy atom. The van der Waals surface area contributed by atoms with Crippen LogP contribution in [0.15, 0.2) is 71.7 Å². The van der Waals surface area contributed by atoms with Crippen molar-refractivity contribution >= 4 is 5.87 Å². The molecular weight excluding hydrogens is 366 g/mol. The summed E-state index contributed by atoms with van der Waals surface area (Å²) in [6.07, 6.45) is 3.60. The molecule has 2 heterocycles. The lowest BCUT2D eigenvalue weighted by atomic mass is 9.76. The molecule has 0 bridgehead atoms. The number of aromatic nitrogens is 1. The van der Waals surface area contributed by atoms with Crippen LogP contribution in [0.4, 0.5) is 0 Å². The number of pyridine rings is 1. The fraction of sp³-hybridized carbons (Fsp3) is 0.227. The molecule has 0 amide bonds. The van der Waals surface area contributed by atoms with Crippen molar-refractivity contribution in [2.75, 3.05) is 7.11 Å². The number of rotatable bonds is 4. The summed E-state index contributed by atoms with van der Waals surface area (Å²) in [5.74, 6) is 1.86. The minimum Gasteiger partial charge on any atom is -0.762 e. The van der Waals surface area contributed by atoms with Crippen LogP contribution in [0.5, 0.6) is 5.75 Å². The van der Waals surface area contributed by atoms with Crippen LogP contribution in [0, 0.1) is 22.7 Å². The average molecular weight is 385 g/mol. The highest BCUT2D eigenvalue weighted by molar-refractivity contribution is 5.74. The summed E-state index contributed by atoms with van der Waals surface area (Å²) >= 11 is 0. The van der Waals surface area contributed by atoms with E-state index in [4.69, 9.17) is 4.74 Å². The highest BCUT2D eigenvalue weighted by Crippen LogP contribution is 2.43.